The fourth-order valence-electron chi connectivity index (χ4n) is 1.11. The average Bonchev–Trinajstić information content (AvgIpc) is 2.26. The van der Waals surface area contributed by atoms with Crippen LogP contribution < -0.4 is 21.9 Å². The third kappa shape index (κ3) is 3.83. The Morgan fingerprint density at radius 1 is 1.35 bits per heavy atom. The number of nitrogens with zero attached hydrogens (tertiary/aromatic N) is 1. The van der Waals surface area contributed by atoms with Gasteiger partial charge in [0.15, 0.2) is 23.3 Å². The van der Waals surface area contributed by atoms with E-state index in [1.165, 1.54) is 6.92 Å². The van der Waals surface area contributed by atoms with Crippen molar-refractivity contribution in [2.24, 2.45) is 5.84 Å². The number of aromatic nitrogens is 1. The van der Waals surface area contributed by atoms with Crippen molar-refractivity contribution in [2.75, 3.05) is 23.8 Å². The van der Waals surface area contributed by atoms with Gasteiger partial charge in [-0.1, -0.05) is 0 Å². The van der Waals surface area contributed by atoms with E-state index < -0.39 is 11.6 Å². The molecule has 0 saturated heterocycles. The van der Waals surface area contributed by atoms with Crippen LogP contribution in [0, 0.1) is 11.6 Å². The smallest absolute Gasteiger partial charge is 0.216 e. The van der Waals surface area contributed by atoms with Crippen LogP contribution in [0.5, 0.6) is 0 Å². The third-order valence-corrected chi connectivity index (χ3v) is 1.86. The van der Waals surface area contributed by atoms with Crippen molar-refractivity contribution in [2.45, 2.75) is 6.92 Å². The van der Waals surface area contributed by atoms with Crippen molar-refractivity contribution >= 4 is 17.5 Å². The van der Waals surface area contributed by atoms with Crippen LogP contribution in [0.1, 0.15) is 6.92 Å². The van der Waals surface area contributed by atoms with Gasteiger partial charge in [0.25, 0.3) is 0 Å². The minimum absolute atomic E-state index is 0.135. The molecule has 0 saturated carbocycles. The number of hydrogen-bond acceptors (Lipinski definition) is 5. The molecule has 0 spiro atoms. The van der Waals surface area contributed by atoms with Crippen LogP contribution in [0.2, 0.25) is 0 Å². The van der Waals surface area contributed by atoms with Crippen molar-refractivity contribution in [1.29, 1.82) is 0 Å². The Kier molecular flexibility index (Phi) is 4.58. The molecule has 6 nitrogen and oxygen atoms in total. The lowest BCUT2D eigenvalue weighted by atomic mass is 10.4. The van der Waals surface area contributed by atoms with Crippen molar-refractivity contribution in [3.63, 3.8) is 0 Å². The summed E-state index contributed by atoms with van der Waals surface area (Å²) in [4.78, 5) is 14.2. The first-order valence-corrected chi connectivity index (χ1v) is 4.85. The van der Waals surface area contributed by atoms with Gasteiger partial charge in [-0.25, -0.2) is 19.6 Å². The summed E-state index contributed by atoms with van der Waals surface area (Å²) in [6, 6.07) is 0.670. The number of nitrogens with one attached hydrogen (secondary N) is 3. The van der Waals surface area contributed by atoms with E-state index in [9.17, 15) is 13.6 Å². The molecule has 1 aromatic rings. The summed E-state index contributed by atoms with van der Waals surface area (Å²) in [7, 11) is 0. The van der Waals surface area contributed by atoms with Crippen LogP contribution in [0.4, 0.5) is 20.4 Å². The second kappa shape index (κ2) is 5.94. The molecule has 0 unspecified atom stereocenters. The van der Waals surface area contributed by atoms with E-state index in [0.717, 1.165) is 0 Å². The Morgan fingerprint density at radius 3 is 2.59 bits per heavy atom. The highest BCUT2D eigenvalue weighted by atomic mass is 19.1. The Hall–Kier alpha value is -1.96. The molecule has 0 bridgehead atoms. The van der Waals surface area contributed by atoms with E-state index >= 15 is 0 Å². The fourth-order valence-corrected chi connectivity index (χ4v) is 1.11. The maximum absolute atomic E-state index is 13.2. The minimum atomic E-state index is -0.877. The van der Waals surface area contributed by atoms with E-state index in [2.05, 4.69) is 15.6 Å². The van der Waals surface area contributed by atoms with Crippen molar-refractivity contribution in [1.82, 2.24) is 10.3 Å². The van der Waals surface area contributed by atoms with Gasteiger partial charge in [0.2, 0.25) is 5.91 Å². The van der Waals surface area contributed by atoms with Gasteiger partial charge in [-0.15, -0.1) is 0 Å². The number of anilines is 2. The summed E-state index contributed by atoms with van der Waals surface area (Å²) in [6.45, 7) is 1.94. The number of carbonyl (C=O) groups is 1. The molecule has 94 valence electrons. The molecule has 17 heavy (non-hydrogen) atoms. The van der Waals surface area contributed by atoms with Gasteiger partial charge >= 0.3 is 0 Å². The maximum Gasteiger partial charge on any atom is 0.216 e. The summed E-state index contributed by atoms with van der Waals surface area (Å²) in [5, 5.41) is 5.12. The first kappa shape index (κ1) is 13.1. The highest BCUT2D eigenvalue weighted by Crippen LogP contribution is 2.17. The molecule has 0 atom stereocenters. The molecule has 0 aliphatic carbocycles. The minimum Gasteiger partial charge on any atom is -0.366 e. The Bertz CT molecular complexity index is 413. The van der Waals surface area contributed by atoms with Crippen LogP contribution in [0.3, 0.4) is 0 Å². The van der Waals surface area contributed by atoms with Gasteiger partial charge in [-0.2, -0.15) is 0 Å². The lowest BCUT2D eigenvalue weighted by molar-refractivity contribution is -0.118. The molecule has 0 aromatic carbocycles. The Morgan fingerprint density at radius 2 is 2.00 bits per heavy atom. The number of carbonyl (C=O) groups excluding carboxylic acids is 1. The summed E-state index contributed by atoms with van der Waals surface area (Å²) in [5.74, 6) is 2.72. The predicted molar refractivity (Wildman–Crippen MR) is 59.1 cm³/mol. The van der Waals surface area contributed by atoms with Gasteiger partial charge < -0.3 is 16.1 Å². The quantitative estimate of drug-likeness (QED) is 0.338. The van der Waals surface area contributed by atoms with Crippen molar-refractivity contribution in [3.05, 3.63) is 17.7 Å². The molecule has 0 fully saturated rings. The Balaban J connectivity index is 2.61. The monoisotopic (exact) mass is 245 g/mol. The first-order valence-electron chi connectivity index (χ1n) is 4.85. The second-order valence-electron chi connectivity index (χ2n) is 3.20. The van der Waals surface area contributed by atoms with E-state index in [1.807, 2.05) is 5.43 Å². The van der Waals surface area contributed by atoms with E-state index in [4.69, 9.17) is 5.84 Å². The fraction of sp³-hybridized carbons (Fsp3) is 0.333. The normalized spacial score (nSPS) is 9.88. The van der Waals surface area contributed by atoms with E-state index in [-0.39, 0.29) is 24.1 Å². The van der Waals surface area contributed by atoms with Crippen LogP contribution in [-0.2, 0) is 4.79 Å². The molecule has 1 amide bonds. The third-order valence-electron chi connectivity index (χ3n) is 1.86. The molecule has 0 aliphatic rings. The number of halogens is 2. The largest absolute Gasteiger partial charge is 0.366 e. The SMILES string of the molecule is CC(=O)NCCNc1nc(NN)c(F)cc1F. The number of rotatable bonds is 5. The first-order chi connectivity index (χ1) is 8.04. The van der Waals surface area contributed by atoms with Gasteiger partial charge in [-0.3, -0.25) is 4.79 Å². The standard InChI is InChI=1S/C9H13F2N5O/c1-5(17)13-2-3-14-8-6(10)4-7(11)9(15-8)16-12/h4H,2-3,12H2,1H3,(H,13,17)(H2,14,15,16). The second-order valence-corrected chi connectivity index (χ2v) is 3.20. The topological polar surface area (TPSA) is 92.1 Å². The highest BCUT2D eigenvalue weighted by Gasteiger charge is 2.10. The number of pyridine rings is 1. The lowest BCUT2D eigenvalue weighted by Gasteiger charge is -2.09. The molecule has 1 rings (SSSR count). The van der Waals surface area contributed by atoms with Gasteiger partial charge in [0.05, 0.1) is 0 Å². The zero-order valence-corrected chi connectivity index (χ0v) is 9.18. The zero-order chi connectivity index (χ0) is 12.8. The summed E-state index contributed by atoms with van der Waals surface area (Å²) < 4.78 is 26.2. The number of hydrazine groups is 1. The van der Waals surface area contributed by atoms with Gasteiger partial charge in [-0.05, 0) is 0 Å². The predicted octanol–water partition coefficient (Wildman–Crippen LogP) is 0.193. The van der Waals surface area contributed by atoms with E-state index in [1.54, 1.807) is 0 Å². The van der Waals surface area contributed by atoms with Gasteiger partial charge in [0, 0.05) is 26.1 Å². The summed E-state index contributed by atoms with van der Waals surface area (Å²) in [5.41, 5.74) is 2.01. The van der Waals surface area contributed by atoms with E-state index in [0.29, 0.717) is 12.6 Å². The summed E-state index contributed by atoms with van der Waals surface area (Å²) in [6.07, 6.45) is 0. The molecule has 0 aliphatic heterocycles. The summed E-state index contributed by atoms with van der Waals surface area (Å²) >= 11 is 0. The van der Waals surface area contributed by atoms with Crippen LogP contribution in [-0.4, -0.2) is 24.0 Å². The van der Waals surface area contributed by atoms with Gasteiger partial charge in [0.1, 0.15) is 0 Å². The molecular weight excluding hydrogens is 232 g/mol. The molecule has 0 radical (unpaired) electrons. The molecule has 1 aromatic heterocycles. The maximum atomic E-state index is 13.2. The number of nitrogen functional groups attached to an aromatic ring is 1. The van der Waals surface area contributed by atoms with Crippen LogP contribution in [0.25, 0.3) is 0 Å². The number of hydrogen-bond donors (Lipinski definition) is 4. The van der Waals surface area contributed by atoms with Crippen molar-refractivity contribution in [3.8, 4) is 0 Å². The lowest BCUT2D eigenvalue weighted by Crippen LogP contribution is -2.26. The van der Waals surface area contributed by atoms with Crippen molar-refractivity contribution < 1.29 is 13.6 Å². The number of nitrogens with two attached hydrogens (primary N) is 1. The molecule has 5 N–H and O–H groups in total. The molecule has 8 heteroatoms. The molecule has 1 heterocycles. The average molecular weight is 245 g/mol. The number of amides is 1. The molecular formula is C9H13F2N5O. The van der Waals surface area contributed by atoms with Crippen LogP contribution >= 0.6 is 0 Å². The van der Waals surface area contributed by atoms with Crippen LogP contribution in [0.15, 0.2) is 6.07 Å². The highest BCUT2D eigenvalue weighted by molar-refractivity contribution is 5.72. The zero-order valence-electron chi connectivity index (χ0n) is 9.18. The Labute approximate surface area is 96.6 Å².